The average molecular weight is 2290 g/mol. The number of hydrogen-bond donors (Lipinski definition) is 3. The highest BCUT2D eigenvalue weighted by molar-refractivity contribution is 9.11. The van der Waals surface area contributed by atoms with E-state index in [2.05, 4.69) is 125 Å². The van der Waals surface area contributed by atoms with E-state index in [1.54, 1.807) is 110 Å². The van der Waals surface area contributed by atoms with Crippen molar-refractivity contribution in [3.63, 3.8) is 0 Å². The molecule has 1 aliphatic heterocycles. The lowest BCUT2D eigenvalue weighted by Crippen LogP contribution is -2.41. The molecule has 14 rings (SSSR count). The van der Waals surface area contributed by atoms with Crippen LogP contribution in [0, 0.1) is 12.2 Å². The molecule has 0 unspecified atom stereocenters. The van der Waals surface area contributed by atoms with Crippen molar-refractivity contribution in [2.75, 3.05) is 67.7 Å². The first-order valence-electron chi connectivity index (χ1n) is 41.3. The second-order valence-electron chi connectivity index (χ2n) is 31.6. The van der Waals surface area contributed by atoms with Gasteiger partial charge in [-0.25, -0.2) is 70.1 Å². The molecular weight excluding hydrogens is 2180 g/mol. The quantitative estimate of drug-likeness (QED) is 0.0373. The van der Waals surface area contributed by atoms with Gasteiger partial charge in [-0.2, -0.15) is 13.8 Å². The predicted molar refractivity (Wildman–Crippen MR) is 557 cm³/mol. The monoisotopic (exact) mass is 2280 g/mol. The van der Waals surface area contributed by atoms with Crippen LogP contribution in [0.4, 0.5) is 20.5 Å². The van der Waals surface area contributed by atoms with Gasteiger partial charge in [-0.05, 0) is 270 Å². The number of pyridine rings is 4. The van der Waals surface area contributed by atoms with E-state index in [0.717, 1.165) is 44.8 Å². The smallest absolute Gasteiger partial charge is 0.481 e. The summed E-state index contributed by atoms with van der Waals surface area (Å²) in [6, 6.07) is 34.5. The summed E-state index contributed by atoms with van der Waals surface area (Å²) in [4.78, 5) is 44.8. The van der Waals surface area contributed by atoms with Gasteiger partial charge in [0.1, 0.15) is 5.82 Å². The zero-order valence-electron chi connectivity index (χ0n) is 76.6. The van der Waals surface area contributed by atoms with Crippen LogP contribution in [0.25, 0.3) is 30.4 Å². The lowest BCUT2D eigenvalue weighted by molar-refractivity contribution is 0.00578. The number of nitrogens with two attached hydrogens (primary N) is 2. The van der Waals surface area contributed by atoms with E-state index in [1.165, 1.54) is 133 Å². The molecule has 138 heavy (non-hydrogen) atoms. The van der Waals surface area contributed by atoms with E-state index in [-0.39, 0.29) is 95.8 Å². The van der Waals surface area contributed by atoms with Crippen LogP contribution in [0.15, 0.2) is 193 Å². The molecule has 29 nitrogen and oxygen atoms in total. The number of ether oxygens (including phenoxy) is 4. The number of hydrogen-bond acceptors (Lipinski definition) is 28. The third kappa shape index (κ3) is 36.2. The van der Waals surface area contributed by atoms with Gasteiger partial charge in [0.25, 0.3) is 0 Å². The van der Waals surface area contributed by atoms with Crippen LogP contribution < -0.4 is 35.7 Å². The molecule has 47 heteroatoms. The van der Waals surface area contributed by atoms with E-state index in [4.69, 9.17) is 143 Å². The molecule has 11 aromatic rings. The number of anilines is 2. The first kappa shape index (κ1) is 119. The molecule has 0 amide bonds. The standard InChI is InChI=1S/C27H31Cl2N5O3S.C19H14Cl2FN3O3S.C13H10BrCl2NO3S.C12H16BFN2O2.C8H18N2.C6H7BrN2O.C6H3Cl3S.2H2O/c1-34(2)22-13-11-20(12-14-22)33-27-30-15-18(16-31-27)7-8-19-9-10-21(32-26(19)37-3)17-38(35,36)24-6-4-5-23(28)25(24)29;1-28-18-13(6-5-12-9-23-19(22)24-10-12)7-8-14(25-18)11-29(26,27)16-4-2-3-15(20)17(16)21;1-20-13-9(14)6-5-8(17-13)7-21(18,19)11-4-2-3-10(15)12(11)16;1-11(2)12(3,4)18-13(17-11)6-5-9-7-15-10(14)16-8-9;1-10(2)8-5-3-7(9)4-6-8;1-10-6-4(7)2-3-5(8)9-6;7-4-2-1-3-5(10-9)6(4)8;;/h4-10,15-16,20,22H,11-14,17H2,1-3H3,(H,30,31,33);2-10H,11H2,1H3;2-6H,7H2,1H3;5-8H,1-4H3;7-8H,3-6,9H2,1-2H3;2-3H,1H3,(H2,8,9);1-3H;2*1H2/b8-7+;6-5+;;6-5+;;;;;. The molecule has 2 saturated carbocycles. The summed E-state index contributed by atoms with van der Waals surface area (Å²) >= 11 is 53.8. The molecule has 3 aliphatic rings. The van der Waals surface area contributed by atoms with Gasteiger partial charge in [-0.3, -0.25) is 0 Å². The summed E-state index contributed by atoms with van der Waals surface area (Å²) in [5.41, 5.74) is 14.8. The number of aromatic nitrogens is 10. The van der Waals surface area contributed by atoms with Gasteiger partial charge in [0, 0.05) is 94.1 Å². The Bertz CT molecular complexity index is 6280. The Morgan fingerprint density at radius 3 is 1.16 bits per heavy atom. The van der Waals surface area contributed by atoms with Crippen LogP contribution in [-0.2, 0) is 56.1 Å². The molecule has 9 N–H and O–H groups in total. The second kappa shape index (κ2) is 56.3. The number of nitrogen functional groups attached to an aromatic ring is 1. The van der Waals surface area contributed by atoms with Gasteiger partial charge in [-0.15, -0.1) is 0 Å². The molecule has 1 saturated heterocycles. The number of sulfone groups is 3. The maximum Gasteiger partial charge on any atom is 0.487 e. The molecule has 3 fully saturated rings. The topological polar surface area (TPSA) is 420 Å². The number of rotatable bonds is 24. The van der Waals surface area contributed by atoms with Crippen LogP contribution in [0.2, 0.25) is 40.2 Å². The van der Waals surface area contributed by atoms with E-state index in [9.17, 15) is 34.0 Å². The molecule has 0 bridgehead atoms. The Balaban J connectivity index is 0.000000260. The SMILES string of the molecule is CC1(C)OB(/C=C/c2cnc(F)nc2)OC1(C)C.CN(C)C1CCC(N)CC1.COc1nc(CS(=O)(=O)c2cccc(Cl)c2Cl)ccc1/C=C/c1cnc(F)nc1.COc1nc(CS(=O)(=O)c2cccc(Cl)c2Cl)ccc1/C=C/c1cnc(NC2CCC(N(C)C)CC2)nc1.COc1nc(CS(=O)(=O)c2cccc(Cl)c2Cl)ccc1Br.COc1nc(N)ccc1Br.ClSc1cccc(Cl)c1Cl.O.O. The minimum Gasteiger partial charge on any atom is -0.481 e. The molecule has 744 valence electrons. The number of benzene rings is 4. The van der Waals surface area contributed by atoms with Crippen molar-refractivity contribution in [2.45, 2.75) is 151 Å². The van der Waals surface area contributed by atoms with Gasteiger partial charge < -0.3 is 65.8 Å². The predicted octanol–water partition coefficient (Wildman–Crippen LogP) is 21.3. The Morgan fingerprint density at radius 2 is 0.797 bits per heavy atom. The summed E-state index contributed by atoms with van der Waals surface area (Å²) in [5, 5.41) is 5.02. The number of nitrogens with zero attached hydrogens (tertiary/aromatic N) is 12. The third-order valence-corrected chi connectivity index (χ3v) is 31.9. The van der Waals surface area contributed by atoms with E-state index in [1.807, 2.05) is 45.9 Å². The first-order valence-corrected chi connectivity index (χ1v) is 52.5. The van der Waals surface area contributed by atoms with Gasteiger partial charge in [-0.1, -0.05) is 141 Å². The molecule has 2 aliphatic carbocycles. The second-order valence-corrected chi connectivity index (χ2v) is 43.4. The van der Waals surface area contributed by atoms with E-state index < -0.39 is 48.8 Å². The summed E-state index contributed by atoms with van der Waals surface area (Å²) in [6.45, 7) is 7.95. The molecule has 0 atom stereocenters. The molecule has 0 radical (unpaired) electrons. The lowest BCUT2D eigenvalue weighted by Gasteiger charge is -2.32. The molecule has 7 aromatic heterocycles. The average Bonchev–Trinajstić information content (AvgIpc) is 1.63. The zero-order valence-corrected chi connectivity index (χ0v) is 89.8. The summed E-state index contributed by atoms with van der Waals surface area (Å²) in [7, 11) is 9.44. The first-order chi connectivity index (χ1) is 64.3. The van der Waals surface area contributed by atoms with Crippen molar-refractivity contribution in [2.24, 2.45) is 5.73 Å². The van der Waals surface area contributed by atoms with Crippen molar-refractivity contribution in [3.8, 4) is 23.5 Å². The van der Waals surface area contributed by atoms with Crippen molar-refractivity contribution in [3.05, 3.63) is 271 Å². The van der Waals surface area contributed by atoms with Crippen LogP contribution in [0.3, 0.4) is 0 Å². The minimum atomic E-state index is -3.77. The maximum atomic E-state index is 12.9. The van der Waals surface area contributed by atoms with E-state index >= 15 is 0 Å². The number of methoxy groups -OCH3 is 4. The van der Waals surface area contributed by atoms with Crippen LogP contribution in [0.1, 0.15) is 124 Å². The Hall–Kier alpha value is -7.85. The fourth-order valence-corrected chi connectivity index (χ4v) is 21.2. The highest BCUT2D eigenvalue weighted by atomic mass is 79.9. The number of nitrogens with one attached hydrogen (secondary N) is 1. The molecule has 8 heterocycles. The Morgan fingerprint density at radius 1 is 0.464 bits per heavy atom. The Labute approximate surface area is 869 Å². The largest absolute Gasteiger partial charge is 0.487 e. The minimum absolute atomic E-state index is 0. The van der Waals surface area contributed by atoms with Gasteiger partial charge >= 0.3 is 19.3 Å². The summed E-state index contributed by atoms with van der Waals surface area (Å²) in [5.74, 6) is 3.21. The summed E-state index contributed by atoms with van der Waals surface area (Å²) < 4.78 is 135. The van der Waals surface area contributed by atoms with E-state index in [0.29, 0.717) is 95.7 Å². The van der Waals surface area contributed by atoms with Crippen molar-refractivity contribution < 1.29 is 73.2 Å². The third-order valence-electron chi connectivity index (χ3n) is 21.0. The highest BCUT2D eigenvalue weighted by Crippen LogP contribution is 2.40. The van der Waals surface area contributed by atoms with Gasteiger partial charge in [0.05, 0.1) is 138 Å². The normalized spacial score (nSPS) is 16.0. The molecular formula is C91H103BBr2Cl9F2N15O14S4. The summed E-state index contributed by atoms with van der Waals surface area (Å²) in [6.07, 6.45) is 25.7. The molecule has 4 aromatic carbocycles. The van der Waals surface area contributed by atoms with Gasteiger partial charge in [0.15, 0.2) is 29.5 Å². The van der Waals surface area contributed by atoms with Crippen LogP contribution >= 0.6 is 146 Å². The van der Waals surface area contributed by atoms with Gasteiger partial charge in [0.2, 0.25) is 29.5 Å². The zero-order chi connectivity index (χ0) is 100.0. The van der Waals surface area contributed by atoms with Crippen molar-refractivity contribution in [1.82, 2.24) is 59.6 Å². The maximum absolute atomic E-state index is 12.9. The van der Waals surface area contributed by atoms with Crippen molar-refractivity contribution in [1.29, 1.82) is 0 Å². The fraction of sp³-hybridized carbons (Fsp3) is 0.319. The van der Waals surface area contributed by atoms with Crippen LogP contribution in [0.5, 0.6) is 23.5 Å². The Kier molecular flexibility index (Phi) is 48.5. The lowest BCUT2D eigenvalue weighted by atomic mass is 9.89. The highest BCUT2D eigenvalue weighted by Gasteiger charge is 2.50. The molecule has 0 spiro atoms. The fourth-order valence-electron chi connectivity index (χ4n) is 12.9. The van der Waals surface area contributed by atoms with Crippen LogP contribution in [-0.4, -0.2) is 195 Å². The van der Waals surface area contributed by atoms with Crippen molar-refractivity contribution >= 4 is 225 Å². The number of halogens is 13.